The van der Waals surface area contributed by atoms with E-state index in [0.717, 1.165) is 12.8 Å². The molecule has 160 valence electrons. The van der Waals surface area contributed by atoms with E-state index >= 15 is 0 Å². The molecule has 0 aliphatic heterocycles. The van der Waals surface area contributed by atoms with Crippen molar-refractivity contribution in [2.45, 2.75) is 70.9 Å². The molecule has 0 bridgehead atoms. The van der Waals surface area contributed by atoms with Gasteiger partial charge in [0.15, 0.2) is 0 Å². The Morgan fingerprint density at radius 1 is 1.34 bits per heavy atom. The van der Waals surface area contributed by atoms with E-state index in [9.17, 15) is 14.0 Å². The van der Waals surface area contributed by atoms with E-state index in [1.165, 1.54) is 25.1 Å². The molecule has 2 amide bonds. The van der Waals surface area contributed by atoms with Gasteiger partial charge in [-0.3, -0.25) is 9.59 Å². The van der Waals surface area contributed by atoms with Crippen molar-refractivity contribution in [1.29, 1.82) is 0 Å². The van der Waals surface area contributed by atoms with Crippen LogP contribution in [0.2, 0.25) is 5.02 Å². The van der Waals surface area contributed by atoms with Crippen molar-refractivity contribution in [2.24, 2.45) is 5.73 Å². The van der Waals surface area contributed by atoms with Crippen molar-refractivity contribution in [3.05, 3.63) is 46.3 Å². The predicted molar refractivity (Wildman–Crippen MR) is 111 cm³/mol. The highest BCUT2D eigenvalue weighted by Gasteiger charge is 2.35. The molecule has 6 nitrogen and oxygen atoms in total. The minimum Gasteiger partial charge on any atom is -0.369 e. The number of hydrogen-bond acceptors (Lipinski definition) is 4. The minimum atomic E-state index is -0.497. The highest BCUT2D eigenvalue weighted by atomic mass is 35.5. The van der Waals surface area contributed by atoms with Gasteiger partial charge in [0.1, 0.15) is 5.82 Å². The van der Waals surface area contributed by atoms with E-state index in [0.29, 0.717) is 17.6 Å². The van der Waals surface area contributed by atoms with Crippen LogP contribution in [0.1, 0.15) is 45.6 Å². The van der Waals surface area contributed by atoms with E-state index in [1.807, 2.05) is 13.8 Å². The number of nitrogens with two attached hydrogens (primary N) is 1. The van der Waals surface area contributed by atoms with Gasteiger partial charge in [-0.1, -0.05) is 31.5 Å². The molecule has 0 saturated heterocycles. The van der Waals surface area contributed by atoms with E-state index in [1.54, 1.807) is 6.08 Å². The van der Waals surface area contributed by atoms with E-state index < -0.39 is 24.0 Å². The third-order valence-corrected chi connectivity index (χ3v) is 5.36. The molecule has 1 aromatic rings. The maximum atomic E-state index is 13.2. The average Bonchev–Trinajstić information content (AvgIpc) is 2.67. The number of carbonyl (C=O) groups is 2. The molecule has 3 atom stereocenters. The number of benzene rings is 1. The first-order valence-corrected chi connectivity index (χ1v) is 10.2. The van der Waals surface area contributed by atoms with Crippen LogP contribution in [0.5, 0.6) is 0 Å². The zero-order valence-electron chi connectivity index (χ0n) is 17.0. The van der Waals surface area contributed by atoms with Gasteiger partial charge in [0, 0.05) is 30.1 Å². The van der Waals surface area contributed by atoms with Crippen LogP contribution in [-0.4, -0.2) is 36.1 Å². The first-order valence-electron chi connectivity index (χ1n) is 9.86. The van der Waals surface area contributed by atoms with Crippen molar-refractivity contribution in [3.63, 3.8) is 0 Å². The molecule has 0 saturated carbocycles. The summed E-state index contributed by atoms with van der Waals surface area (Å²) < 4.78 is 19.3. The van der Waals surface area contributed by atoms with Gasteiger partial charge in [0.25, 0.3) is 0 Å². The summed E-state index contributed by atoms with van der Waals surface area (Å²) in [7, 11) is 0. The Hall–Kier alpha value is -1.96. The van der Waals surface area contributed by atoms with E-state index in [4.69, 9.17) is 22.1 Å². The fourth-order valence-electron chi connectivity index (χ4n) is 3.37. The van der Waals surface area contributed by atoms with Crippen LogP contribution >= 0.6 is 11.6 Å². The minimum absolute atomic E-state index is 0.000131. The third kappa shape index (κ3) is 6.52. The van der Waals surface area contributed by atoms with Gasteiger partial charge in [0.05, 0.1) is 18.2 Å². The van der Waals surface area contributed by atoms with Crippen molar-refractivity contribution in [1.82, 2.24) is 10.6 Å². The van der Waals surface area contributed by atoms with Crippen LogP contribution < -0.4 is 16.4 Å². The molecule has 1 aliphatic rings. The normalized spacial score (nSPS) is 21.6. The van der Waals surface area contributed by atoms with Crippen molar-refractivity contribution in [2.75, 3.05) is 0 Å². The van der Waals surface area contributed by atoms with Crippen LogP contribution in [0, 0.1) is 5.82 Å². The molecule has 4 N–H and O–H groups in total. The summed E-state index contributed by atoms with van der Waals surface area (Å²) in [5, 5.41) is 5.89. The highest BCUT2D eigenvalue weighted by Crippen LogP contribution is 2.24. The summed E-state index contributed by atoms with van der Waals surface area (Å²) in [6, 6.07) is 3.16. The summed E-state index contributed by atoms with van der Waals surface area (Å²) in [5.74, 6) is -0.924. The summed E-state index contributed by atoms with van der Waals surface area (Å²) in [5.41, 5.74) is 7.38. The number of carbonyl (C=O) groups excluding carboxylic acids is 2. The molecule has 1 aliphatic carbocycles. The number of hydrogen-bond donors (Lipinski definition) is 3. The number of nitrogens with one attached hydrogen (secondary N) is 2. The molecular weight excluding hydrogens is 397 g/mol. The fourth-order valence-corrected chi connectivity index (χ4v) is 3.60. The SMILES string of the molecule is CCC(CC)O[C@@H]1C=C(C(=O)NCc2ccc(F)cc2Cl)C[C@H](N)[C@H]1NC(C)=O. The smallest absolute Gasteiger partial charge is 0.247 e. The van der Waals surface area contributed by atoms with Gasteiger partial charge in [-0.25, -0.2) is 4.39 Å². The zero-order chi connectivity index (χ0) is 21.6. The molecule has 0 spiro atoms. The molecule has 0 heterocycles. The largest absolute Gasteiger partial charge is 0.369 e. The standard InChI is InChI=1S/C21H29ClFN3O3/c1-4-16(5-2)29-19-9-14(8-18(24)20(19)26-12(3)27)21(28)25-11-13-6-7-15(23)10-17(13)22/h6-7,9-10,16,18-20H,4-5,8,11,24H2,1-3H3,(H,25,28)(H,26,27)/t18-,19+,20+/m0/s1. The van der Waals surface area contributed by atoms with Crippen molar-refractivity contribution < 1.29 is 18.7 Å². The Labute approximate surface area is 176 Å². The lowest BCUT2D eigenvalue weighted by molar-refractivity contribution is -0.121. The Kier molecular flexibility index (Phi) is 8.61. The second-order valence-corrected chi connectivity index (χ2v) is 7.65. The van der Waals surface area contributed by atoms with Crippen LogP contribution in [-0.2, 0) is 20.9 Å². The molecule has 0 unspecified atom stereocenters. The number of amides is 2. The molecule has 29 heavy (non-hydrogen) atoms. The van der Waals surface area contributed by atoms with Crippen LogP contribution in [0.4, 0.5) is 4.39 Å². The Bertz CT molecular complexity index is 768. The monoisotopic (exact) mass is 425 g/mol. The highest BCUT2D eigenvalue weighted by molar-refractivity contribution is 6.31. The molecule has 0 radical (unpaired) electrons. The maximum Gasteiger partial charge on any atom is 0.247 e. The molecule has 1 aromatic carbocycles. The molecule has 2 rings (SSSR count). The second-order valence-electron chi connectivity index (χ2n) is 7.24. The van der Waals surface area contributed by atoms with Crippen LogP contribution in [0.15, 0.2) is 29.8 Å². The van der Waals surface area contributed by atoms with Crippen LogP contribution in [0.3, 0.4) is 0 Å². The zero-order valence-corrected chi connectivity index (χ0v) is 17.8. The van der Waals surface area contributed by atoms with Gasteiger partial charge in [0.2, 0.25) is 11.8 Å². The predicted octanol–water partition coefficient (Wildman–Crippen LogP) is 2.83. The first-order chi connectivity index (χ1) is 13.7. The fraction of sp³-hybridized carbons (Fsp3) is 0.524. The van der Waals surface area contributed by atoms with Gasteiger partial charge in [-0.15, -0.1) is 0 Å². The number of rotatable bonds is 8. The lowest BCUT2D eigenvalue weighted by Crippen LogP contribution is -2.57. The Morgan fingerprint density at radius 3 is 2.62 bits per heavy atom. The Morgan fingerprint density at radius 2 is 2.03 bits per heavy atom. The van der Waals surface area contributed by atoms with Crippen LogP contribution in [0.25, 0.3) is 0 Å². The average molecular weight is 426 g/mol. The molecular formula is C21H29ClFN3O3. The second kappa shape index (κ2) is 10.7. The third-order valence-electron chi connectivity index (χ3n) is 5.01. The molecule has 0 aromatic heterocycles. The number of halogens is 2. The quantitative estimate of drug-likeness (QED) is 0.597. The van der Waals surface area contributed by atoms with E-state index in [2.05, 4.69) is 10.6 Å². The van der Waals surface area contributed by atoms with Gasteiger partial charge >= 0.3 is 0 Å². The van der Waals surface area contributed by atoms with Crippen molar-refractivity contribution >= 4 is 23.4 Å². The van der Waals surface area contributed by atoms with E-state index in [-0.39, 0.29) is 29.5 Å². The van der Waals surface area contributed by atoms with Gasteiger partial charge in [-0.05, 0) is 43.0 Å². The lowest BCUT2D eigenvalue weighted by Gasteiger charge is -2.36. The van der Waals surface area contributed by atoms with Crippen molar-refractivity contribution in [3.8, 4) is 0 Å². The Balaban J connectivity index is 2.15. The molecule has 0 fully saturated rings. The summed E-state index contributed by atoms with van der Waals surface area (Å²) in [6.07, 6.45) is 3.17. The van der Waals surface area contributed by atoms with Gasteiger partial charge < -0.3 is 21.1 Å². The summed E-state index contributed by atoms with van der Waals surface area (Å²) in [4.78, 5) is 24.3. The maximum absolute atomic E-state index is 13.2. The lowest BCUT2D eigenvalue weighted by atomic mass is 9.87. The summed E-state index contributed by atoms with van der Waals surface area (Å²) >= 11 is 6.02. The summed E-state index contributed by atoms with van der Waals surface area (Å²) in [6.45, 7) is 5.64. The number of ether oxygens (including phenoxy) is 1. The molecule has 8 heteroatoms. The topological polar surface area (TPSA) is 93.4 Å². The van der Waals surface area contributed by atoms with Gasteiger partial charge in [-0.2, -0.15) is 0 Å². The first kappa shape index (κ1) is 23.3.